The maximum atomic E-state index is 8.91. The molecule has 14 heavy (non-hydrogen) atoms. The molecular formula is C12H18O2. The summed E-state index contributed by atoms with van der Waals surface area (Å²) < 4.78 is 0. The molecule has 0 amide bonds. The van der Waals surface area contributed by atoms with Crippen LogP contribution in [-0.2, 0) is 19.3 Å². The van der Waals surface area contributed by atoms with E-state index in [0.717, 1.165) is 12.0 Å². The monoisotopic (exact) mass is 194 g/mol. The normalized spacial score (nSPS) is 10.5. The van der Waals surface area contributed by atoms with E-state index in [9.17, 15) is 0 Å². The smallest absolute Gasteiger partial charge is 0.0471 e. The Kier molecular flexibility index (Phi) is 4.63. The van der Waals surface area contributed by atoms with Crippen LogP contribution in [0.25, 0.3) is 0 Å². The standard InChI is InChI=1S/C12H18O2/c1-2-10-3-4-11(5-7-13)12(9-10)6-8-14/h3-4,9,13-14H,2,5-8H2,1H3. The molecule has 0 atom stereocenters. The lowest BCUT2D eigenvalue weighted by Gasteiger charge is -2.09. The van der Waals surface area contributed by atoms with Gasteiger partial charge in [-0.1, -0.05) is 25.1 Å². The number of hydrogen-bond acceptors (Lipinski definition) is 2. The van der Waals surface area contributed by atoms with E-state index in [-0.39, 0.29) is 13.2 Å². The SMILES string of the molecule is CCc1ccc(CCO)c(CCO)c1. The number of aliphatic hydroxyl groups excluding tert-OH is 2. The van der Waals surface area contributed by atoms with E-state index >= 15 is 0 Å². The Bertz CT molecular complexity index is 282. The Hall–Kier alpha value is -0.860. The van der Waals surface area contributed by atoms with Crippen LogP contribution in [0.4, 0.5) is 0 Å². The highest BCUT2D eigenvalue weighted by Crippen LogP contribution is 2.14. The highest BCUT2D eigenvalue weighted by molar-refractivity contribution is 5.32. The number of rotatable bonds is 5. The second-order valence-corrected chi connectivity index (χ2v) is 3.40. The van der Waals surface area contributed by atoms with Gasteiger partial charge in [-0.25, -0.2) is 0 Å². The van der Waals surface area contributed by atoms with Crippen molar-refractivity contribution in [2.75, 3.05) is 13.2 Å². The van der Waals surface area contributed by atoms with Crippen molar-refractivity contribution in [2.24, 2.45) is 0 Å². The summed E-state index contributed by atoms with van der Waals surface area (Å²) in [6, 6.07) is 6.27. The molecule has 2 N–H and O–H groups in total. The van der Waals surface area contributed by atoms with Gasteiger partial charge in [0.25, 0.3) is 0 Å². The minimum Gasteiger partial charge on any atom is -0.396 e. The van der Waals surface area contributed by atoms with E-state index in [2.05, 4.69) is 25.1 Å². The lowest BCUT2D eigenvalue weighted by atomic mass is 9.98. The molecule has 0 bridgehead atoms. The van der Waals surface area contributed by atoms with Crippen molar-refractivity contribution in [1.82, 2.24) is 0 Å². The fraction of sp³-hybridized carbons (Fsp3) is 0.500. The first-order chi connectivity index (χ1) is 6.81. The maximum Gasteiger partial charge on any atom is 0.0471 e. The molecule has 0 saturated carbocycles. The summed E-state index contributed by atoms with van der Waals surface area (Å²) in [7, 11) is 0. The largest absolute Gasteiger partial charge is 0.396 e. The van der Waals surface area contributed by atoms with Gasteiger partial charge in [0.15, 0.2) is 0 Å². The van der Waals surface area contributed by atoms with Crippen molar-refractivity contribution >= 4 is 0 Å². The summed E-state index contributed by atoms with van der Waals surface area (Å²) in [4.78, 5) is 0. The van der Waals surface area contributed by atoms with Crippen molar-refractivity contribution in [1.29, 1.82) is 0 Å². The van der Waals surface area contributed by atoms with Gasteiger partial charge in [0.1, 0.15) is 0 Å². The molecule has 2 heteroatoms. The third-order valence-electron chi connectivity index (χ3n) is 2.44. The molecule has 0 saturated heterocycles. The Balaban J connectivity index is 2.91. The van der Waals surface area contributed by atoms with Gasteiger partial charge in [-0.3, -0.25) is 0 Å². The van der Waals surface area contributed by atoms with Crippen LogP contribution in [0.1, 0.15) is 23.6 Å². The van der Waals surface area contributed by atoms with Crippen LogP contribution in [0.2, 0.25) is 0 Å². The van der Waals surface area contributed by atoms with Crippen LogP contribution in [-0.4, -0.2) is 23.4 Å². The summed E-state index contributed by atoms with van der Waals surface area (Å²) >= 11 is 0. The van der Waals surface area contributed by atoms with Crippen molar-refractivity contribution in [3.63, 3.8) is 0 Å². The van der Waals surface area contributed by atoms with Gasteiger partial charge in [-0.2, -0.15) is 0 Å². The highest BCUT2D eigenvalue weighted by atomic mass is 16.3. The Morgan fingerprint density at radius 3 is 2.21 bits per heavy atom. The minimum absolute atomic E-state index is 0.171. The third-order valence-corrected chi connectivity index (χ3v) is 2.44. The molecule has 0 aliphatic carbocycles. The zero-order valence-electron chi connectivity index (χ0n) is 8.66. The average Bonchev–Trinajstić information content (AvgIpc) is 2.21. The van der Waals surface area contributed by atoms with Gasteiger partial charge in [-0.15, -0.1) is 0 Å². The predicted octanol–water partition coefficient (Wildman–Crippen LogP) is 1.32. The first-order valence-electron chi connectivity index (χ1n) is 5.14. The summed E-state index contributed by atoms with van der Waals surface area (Å²) in [6.07, 6.45) is 2.38. The molecule has 1 aromatic carbocycles. The molecule has 0 aromatic heterocycles. The van der Waals surface area contributed by atoms with Crippen LogP contribution in [0.15, 0.2) is 18.2 Å². The van der Waals surface area contributed by atoms with Crippen LogP contribution >= 0.6 is 0 Å². The first-order valence-corrected chi connectivity index (χ1v) is 5.14. The van der Waals surface area contributed by atoms with Crippen LogP contribution in [0.5, 0.6) is 0 Å². The van der Waals surface area contributed by atoms with Gasteiger partial charge in [-0.05, 0) is 36.0 Å². The van der Waals surface area contributed by atoms with E-state index < -0.39 is 0 Å². The van der Waals surface area contributed by atoms with Crippen molar-refractivity contribution < 1.29 is 10.2 Å². The van der Waals surface area contributed by atoms with Crippen LogP contribution < -0.4 is 0 Å². The van der Waals surface area contributed by atoms with Crippen molar-refractivity contribution in [3.05, 3.63) is 34.9 Å². The van der Waals surface area contributed by atoms with Crippen LogP contribution in [0.3, 0.4) is 0 Å². The number of aliphatic hydroxyl groups is 2. The van der Waals surface area contributed by atoms with Gasteiger partial charge in [0.2, 0.25) is 0 Å². The predicted molar refractivity (Wildman–Crippen MR) is 57.4 cm³/mol. The Labute approximate surface area is 85.2 Å². The van der Waals surface area contributed by atoms with Crippen molar-refractivity contribution in [2.45, 2.75) is 26.2 Å². The Morgan fingerprint density at radius 1 is 1.00 bits per heavy atom. The number of hydrogen-bond donors (Lipinski definition) is 2. The van der Waals surface area contributed by atoms with Gasteiger partial charge in [0, 0.05) is 13.2 Å². The van der Waals surface area contributed by atoms with E-state index in [4.69, 9.17) is 10.2 Å². The highest BCUT2D eigenvalue weighted by Gasteiger charge is 2.02. The molecule has 0 unspecified atom stereocenters. The maximum absolute atomic E-state index is 8.91. The average molecular weight is 194 g/mol. The van der Waals surface area contributed by atoms with Crippen LogP contribution in [0, 0.1) is 0 Å². The molecule has 0 fully saturated rings. The lowest BCUT2D eigenvalue weighted by Crippen LogP contribution is -2.01. The minimum atomic E-state index is 0.171. The summed E-state index contributed by atoms with van der Waals surface area (Å²) in [5, 5.41) is 17.8. The second-order valence-electron chi connectivity index (χ2n) is 3.40. The molecule has 0 aliphatic heterocycles. The van der Waals surface area contributed by atoms with E-state index in [0.29, 0.717) is 12.8 Å². The molecule has 0 radical (unpaired) electrons. The third kappa shape index (κ3) is 2.82. The van der Waals surface area contributed by atoms with E-state index in [1.807, 2.05) is 0 Å². The summed E-state index contributed by atoms with van der Waals surface area (Å²) in [5.41, 5.74) is 3.61. The molecule has 1 rings (SSSR count). The molecule has 2 nitrogen and oxygen atoms in total. The zero-order chi connectivity index (χ0) is 10.4. The zero-order valence-corrected chi connectivity index (χ0v) is 8.66. The summed E-state index contributed by atoms with van der Waals surface area (Å²) in [6.45, 7) is 2.46. The first kappa shape index (κ1) is 11.2. The lowest BCUT2D eigenvalue weighted by molar-refractivity contribution is 0.293. The molecule has 0 heterocycles. The van der Waals surface area contributed by atoms with Gasteiger partial charge < -0.3 is 10.2 Å². The fourth-order valence-electron chi connectivity index (χ4n) is 1.62. The molecule has 78 valence electrons. The molecule has 0 spiro atoms. The van der Waals surface area contributed by atoms with E-state index in [1.165, 1.54) is 11.1 Å². The molecule has 0 aliphatic rings. The Morgan fingerprint density at radius 2 is 1.64 bits per heavy atom. The topological polar surface area (TPSA) is 40.5 Å². The number of aryl methyl sites for hydroxylation is 1. The van der Waals surface area contributed by atoms with Gasteiger partial charge >= 0.3 is 0 Å². The molecule has 1 aromatic rings. The summed E-state index contributed by atoms with van der Waals surface area (Å²) in [5.74, 6) is 0. The second kappa shape index (κ2) is 5.78. The van der Waals surface area contributed by atoms with Crippen molar-refractivity contribution in [3.8, 4) is 0 Å². The quantitative estimate of drug-likeness (QED) is 0.742. The molecular weight excluding hydrogens is 176 g/mol. The van der Waals surface area contributed by atoms with Gasteiger partial charge in [0.05, 0.1) is 0 Å². The fourth-order valence-corrected chi connectivity index (χ4v) is 1.62. The van der Waals surface area contributed by atoms with E-state index in [1.54, 1.807) is 0 Å². The number of benzene rings is 1.